The van der Waals surface area contributed by atoms with Crippen LogP contribution in [0.15, 0.2) is 36.4 Å². The maximum atomic E-state index is 11.8. The second-order valence-electron chi connectivity index (χ2n) is 5.74. The van der Waals surface area contributed by atoms with E-state index in [1.807, 2.05) is 30.3 Å². The molecule has 0 aliphatic carbocycles. The van der Waals surface area contributed by atoms with Crippen LogP contribution in [-0.4, -0.2) is 43.2 Å². The zero-order valence-corrected chi connectivity index (χ0v) is 14.3. The van der Waals surface area contributed by atoms with Gasteiger partial charge in [-0.05, 0) is 31.4 Å². The van der Waals surface area contributed by atoms with Crippen molar-refractivity contribution in [2.75, 3.05) is 32.8 Å². The van der Waals surface area contributed by atoms with E-state index in [2.05, 4.69) is 20.8 Å². The lowest BCUT2D eigenvalue weighted by Gasteiger charge is -2.37. The van der Waals surface area contributed by atoms with Gasteiger partial charge in [0.2, 0.25) is 0 Å². The molecule has 1 rings (SSSR count). The Kier molecular flexibility index (Phi) is 8.53. The molecule has 0 fully saturated rings. The average Bonchev–Trinajstić information content (AvgIpc) is 2.54. The number of likely N-dealkylation sites (N-methyl/N-ethyl adjacent to an activating group) is 1. The van der Waals surface area contributed by atoms with E-state index in [4.69, 9.17) is 4.74 Å². The van der Waals surface area contributed by atoms with Crippen LogP contribution >= 0.6 is 0 Å². The standard InChI is InChI=1S/C19H30NO2/c1-4-14-20(6-3,15-5-2)16-17-22-19(21)13-12-18-10-8-7-9-11-18/h7-13H,4-6,14-17H2,1-3H3/q+1/b13-12+. The molecule has 22 heavy (non-hydrogen) atoms. The Bertz CT molecular complexity index is 448. The maximum absolute atomic E-state index is 11.8. The SMILES string of the molecule is CCC[N+](CC)(CCC)CCOC(=O)/C=C/c1ccccc1. The van der Waals surface area contributed by atoms with Gasteiger partial charge < -0.3 is 9.22 Å². The highest BCUT2D eigenvalue weighted by atomic mass is 16.5. The van der Waals surface area contributed by atoms with E-state index in [0.717, 1.165) is 49.1 Å². The topological polar surface area (TPSA) is 26.3 Å². The number of nitrogens with zero attached hydrogens (tertiary/aromatic N) is 1. The molecule has 0 amide bonds. The van der Waals surface area contributed by atoms with Crippen LogP contribution in [0.1, 0.15) is 39.2 Å². The Balaban J connectivity index is 2.44. The number of ether oxygens (including phenoxy) is 1. The Morgan fingerprint density at radius 2 is 1.68 bits per heavy atom. The molecule has 0 aliphatic heterocycles. The minimum absolute atomic E-state index is 0.258. The van der Waals surface area contributed by atoms with Crippen LogP contribution in [-0.2, 0) is 9.53 Å². The minimum atomic E-state index is -0.258. The lowest BCUT2D eigenvalue weighted by molar-refractivity contribution is -0.926. The summed E-state index contributed by atoms with van der Waals surface area (Å²) in [4.78, 5) is 11.8. The third kappa shape index (κ3) is 6.44. The van der Waals surface area contributed by atoms with Crippen LogP contribution in [0.2, 0.25) is 0 Å². The Morgan fingerprint density at radius 3 is 2.23 bits per heavy atom. The van der Waals surface area contributed by atoms with Crippen molar-refractivity contribution in [1.82, 2.24) is 0 Å². The van der Waals surface area contributed by atoms with Crippen molar-refractivity contribution >= 4 is 12.0 Å². The number of carbonyl (C=O) groups excluding carboxylic acids is 1. The summed E-state index contributed by atoms with van der Waals surface area (Å²) in [6.45, 7) is 11.5. The van der Waals surface area contributed by atoms with Gasteiger partial charge in [-0.25, -0.2) is 4.79 Å². The van der Waals surface area contributed by atoms with E-state index in [1.165, 1.54) is 6.08 Å². The Labute approximate surface area is 135 Å². The van der Waals surface area contributed by atoms with Gasteiger partial charge in [-0.1, -0.05) is 44.2 Å². The van der Waals surface area contributed by atoms with Gasteiger partial charge >= 0.3 is 5.97 Å². The predicted octanol–water partition coefficient (Wildman–Crippen LogP) is 3.90. The highest BCUT2D eigenvalue weighted by molar-refractivity contribution is 5.86. The van der Waals surface area contributed by atoms with E-state index >= 15 is 0 Å². The minimum Gasteiger partial charge on any atom is -0.457 e. The zero-order chi connectivity index (χ0) is 16.3. The van der Waals surface area contributed by atoms with E-state index in [1.54, 1.807) is 6.08 Å². The molecule has 0 spiro atoms. The third-order valence-electron chi connectivity index (χ3n) is 4.09. The molecule has 0 bridgehead atoms. The van der Waals surface area contributed by atoms with Gasteiger partial charge in [0.25, 0.3) is 0 Å². The van der Waals surface area contributed by atoms with Crippen molar-refractivity contribution in [3.63, 3.8) is 0 Å². The number of esters is 1. The Morgan fingerprint density at radius 1 is 1.05 bits per heavy atom. The highest BCUT2D eigenvalue weighted by Gasteiger charge is 2.23. The summed E-state index contributed by atoms with van der Waals surface area (Å²) in [5.41, 5.74) is 1.01. The fourth-order valence-electron chi connectivity index (χ4n) is 2.87. The van der Waals surface area contributed by atoms with Crippen LogP contribution in [0.3, 0.4) is 0 Å². The van der Waals surface area contributed by atoms with Crippen molar-refractivity contribution in [3.05, 3.63) is 42.0 Å². The summed E-state index contributed by atoms with van der Waals surface area (Å²) in [5, 5.41) is 0. The Hall–Kier alpha value is -1.61. The van der Waals surface area contributed by atoms with Crippen molar-refractivity contribution in [3.8, 4) is 0 Å². The molecule has 0 heterocycles. The van der Waals surface area contributed by atoms with Gasteiger partial charge in [-0.15, -0.1) is 0 Å². The van der Waals surface area contributed by atoms with Gasteiger partial charge in [0.1, 0.15) is 13.2 Å². The largest absolute Gasteiger partial charge is 0.457 e. The molecule has 0 N–H and O–H groups in total. The first-order valence-electron chi connectivity index (χ1n) is 8.40. The first-order chi connectivity index (χ1) is 10.7. The molecule has 3 heteroatoms. The first-order valence-corrected chi connectivity index (χ1v) is 8.40. The highest BCUT2D eigenvalue weighted by Crippen LogP contribution is 2.10. The number of carbonyl (C=O) groups is 1. The van der Waals surface area contributed by atoms with Crippen molar-refractivity contribution < 1.29 is 14.0 Å². The first kappa shape index (κ1) is 18.4. The molecular formula is C19H30NO2+. The summed E-state index contributed by atoms with van der Waals surface area (Å²) in [6, 6.07) is 9.79. The van der Waals surface area contributed by atoms with E-state index in [0.29, 0.717) is 6.61 Å². The van der Waals surface area contributed by atoms with Crippen molar-refractivity contribution in [1.29, 1.82) is 0 Å². The molecule has 0 saturated heterocycles. The molecule has 0 aliphatic rings. The van der Waals surface area contributed by atoms with Gasteiger partial charge in [0.05, 0.1) is 19.6 Å². The van der Waals surface area contributed by atoms with Gasteiger partial charge in [0.15, 0.2) is 0 Å². The summed E-state index contributed by atoms with van der Waals surface area (Å²) in [5.74, 6) is -0.258. The van der Waals surface area contributed by atoms with Crippen LogP contribution in [0.25, 0.3) is 6.08 Å². The predicted molar refractivity (Wildman–Crippen MR) is 92.4 cm³/mol. The lowest BCUT2D eigenvalue weighted by Crippen LogP contribution is -2.51. The monoisotopic (exact) mass is 304 g/mol. The number of hydrogen-bond acceptors (Lipinski definition) is 2. The summed E-state index contributed by atoms with van der Waals surface area (Å²) in [7, 11) is 0. The van der Waals surface area contributed by atoms with E-state index in [9.17, 15) is 4.79 Å². The lowest BCUT2D eigenvalue weighted by atomic mass is 10.2. The molecule has 1 aromatic carbocycles. The molecule has 0 atom stereocenters. The van der Waals surface area contributed by atoms with Crippen LogP contribution in [0.4, 0.5) is 0 Å². The maximum Gasteiger partial charge on any atom is 0.330 e. The number of rotatable bonds is 10. The van der Waals surface area contributed by atoms with E-state index in [-0.39, 0.29) is 5.97 Å². The second kappa shape index (κ2) is 10.2. The normalized spacial score (nSPS) is 11.8. The number of hydrogen-bond donors (Lipinski definition) is 0. The van der Waals surface area contributed by atoms with Crippen molar-refractivity contribution in [2.24, 2.45) is 0 Å². The quantitative estimate of drug-likeness (QED) is 0.372. The summed E-state index contributed by atoms with van der Waals surface area (Å²) in [6.07, 6.45) is 5.63. The van der Waals surface area contributed by atoms with Gasteiger partial charge in [0, 0.05) is 6.08 Å². The molecule has 0 unspecified atom stereocenters. The second-order valence-corrected chi connectivity index (χ2v) is 5.74. The smallest absolute Gasteiger partial charge is 0.330 e. The van der Waals surface area contributed by atoms with Gasteiger partial charge in [-0.3, -0.25) is 0 Å². The zero-order valence-electron chi connectivity index (χ0n) is 14.3. The van der Waals surface area contributed by atoms with Crippen molar-refractivity contribution in [2.45, 2.75) is 33.6 Å². The van der Waals surface area contributed by atoms with Crippen LogP contribution in [0, 0.1) is 0 Å². The third-order valence-corrected chi connectivity index (χ3v) is 4.09. The fourth-order valence-corrected chi connectivity index (χ4v) is 2.87. The van der Waals surface area contributed by atoms with E-state index < -0.39 is 0 Å². The van der Waals surface area contributed by atoms with Gasteiger partial charge in [-0.2, -0.15) is 0 Å². The number of quaternary nitrogens is 1. The van der Waals surface area contributed by atoms with Crippen LogP contribution in [0.5, 0.6) is 0 Å². The molecule has 0 aromatic heterocycles. The average molecular weight is 304 g/mol. The summed E-state index contributed by atoms with van der Waals surface area (Å²) < 4.78 is 6.42. The molecule has 122 valence electrons. The number of benzene rings is 1. The summed E-state index contributed by atoms with van der Waals surface area (Å²) >= 11 is 0. The molecule has 0 saturated carbocycles. The molecule has 0 radical (unpaired) electrons. The molecule has 3 nitrogen and oxygen atoms in total. The molecule has 1 aromatic rings. The molecular weight excluding hydrogens is 274 g/mol. The van der Waals surface area contributed by atoms with Crippen LogP contribution < -0.4 is 0 Å². The fraction of sp³-hybridized carbons (Fsp3) is 0.526.